The molecule has 2 aromatic rings. The first-order valence-corrected chi connectivity index (χ1v) is 8.15. The molecular weight excluding hydrogens is 318 g/mol. The molecule has 3 N–H and O–H groups in total. The van der Waals surface area contributed by atoms with E-state index in [1.54, 1.807) is 6.92 Å². The first kappa shape index (κ1) is 18.7. The second-order valence-corrected chi connectivity index (χ2v) is 6.56. The second kappa shape index (κ2) is 7.94. The molecule has 0 fully saturated rings. The quantitative estimate of drug-likeness (QED) is 0.723. The minimum Gasteiger partial charge on any atom is -0.478 e. The summed E-state index contributed by atoms with van der Waals surface area (Å²) in [5.41, 5.74) is 1.09. The van der Waals surface area contributed by atoms with Crippen LogP contribution in [-0.4, -0.2) is 34.7 Å². The van der Waals surface area contributed by atoms with E-state index in [9.17, 15) is 14.7 Å². The van der Waals surface area contributed by atoms with Gasteiger partial charge in [0.2, 0.25) is 0 Å². The van der Waals surface area contributed by atoms with Crippen LogP contribution in [0, 0.1) is 5.41 Å². The van der Waals surface area contributed by atoms with Crippen molar-refractivity contribution in [2.75, 3.05) is 6.54 Å². The van der Waals surface area contributed by atoms with E-state index in [4.69, 9.17) is 5.11 Å². The fourth-order valence-electron chi connectivity index (χ4n) is 2.57. The number of carbonyl (C=O) groups excluding carboxylic acids is 1. The Labute approximate surface area is 147 Å². The van der Waals surface area contributed by atoms with Gasteiger partial charge in [-0.25, -0.2) is 4.79 Å². The topological polar surface area (TPSA) is 86.6 Å². The number of amides is 1. The smallest absolute Gasteiger partial charge is 0.335 e. The third-order valence-electron chi connectivity index (χ3n) is 4.51. The van der Waals surface area contributed by atoms with E-state index in [1.807, 2.05) is 37.3 Å². The van der Waals surface area contributed by atoms with Crippen molar-refractivity contribution in [3.05, 3.63) is 71.3 Å². The van der Waals surface area contributed by atoms with Crippen LogP contribution >= 0.6 is 0 Å². The Bertz CT molecular complexity index is 725. The van der Waals surface area contributed by atoms with E-state index >= 15 is 0 Å². The molecular formula is C20H23NO4. The number of rotatable bonds is 7. The zero-order valence-corrected chi connectivity index (χ0v) is 14.4. The Morgan fingerprint density at radius 1 is 1.04 bits per heavy atom. The number of aliphatic hydroxyl groups excluding tert-OH is 1. The van der Waals surface area contributed by atoms with E-state index in [-0.39, 0.29) is 11.5 Å². The molecule has 0 spiro atoms. The van der Waals surface area contributed by atoms with Crippen molar-refractivity contribution in [1.82, 2.24) is 5.32 Å². The number of carbonyl (C=O) groups is 2. The molecule has 0 radical (unpaired) electrons. The third-order valence-corrected chi connectivity index (χ3v) is 4.51. The van der Waals surface area contributed by atoms with Gasteiger partial charge in [-0.3, -0.25) is 4.79 Å². The van der Waals surface area contributed by atoms with Crippen LogP contribution in [-0.2, 0) is 6.42 Å². The standard InChI is InChI=1S/C20H23NO4/c1-14(22)20(2,12-15-6-4-3-5-7-15)13-21-18(23)16-8-10-17(11-9-16)19(24)25/h3-11,14,22H,12-13H2,1-2H3,(H,21,23)(H,24,25). The molecule has 5 nitrogen and oxygen atoms in total. The van der Waals surface area contributed by atoms with Crippen molar-refractivity contribution in [2.45, 2.75) is 26.4 Å². The highest BCUT2D eigenvalue weighted by molar-refractivity contribution is 5.95. The van der Waals surface area contributed by atoms with Crippen molar-refractivity contribution in [2.24, 2.45) is 5.41 Å². The van der Waals surface area contributed by atoms with Crippen molar-refractivity contribution in [3.63, 3.8) is 0 Å². The van der Waals surface area contributed by atoms with Gasteiger partial charge >= 0.3 is 5.97 Å². The molecule has 0 aliphatic rings. The molecule has 0 aliphatic carbocycles. The van der Waals surface area contributed by atoms with Gasteiger partial charge < -0.3 is 15.5 Å². The van der Waals surface area contributed by atoms with Crippen LogP contribution in [0.4, 0.5) is 0 Å². The summed E-state index contributed by atoms with van der Waals surface area (Å²) in [6, 6.07) is 15.6. The summed E-state index contributed by atoms with van der Waals surface area (Å²) in [4.78, 5) is 23.2. The number of hydrogen-bond acceptors (Lipinski definition) is 3. The number of carboxylic acid groups (broad SMARTS) is 1. The molecule has 132 valence electrons. The predicted octanol–water partition coefficient (Wildman–Crippen LogP) is 2.74. The van der Waals surface area contributed by atoms with Crippen LogP contribution in [0.15, 0.2) is 54.6 Å². The number of carboxylic acids is 1. The van der Waals surface area contributed by atoms with Crippen molar-refractivity contribution in [3.8, 4) is 0 Å². The summed E-state index contributed by atoms with van der Waals surface area (Å²) in [5.74, 6) is -1.33. The van der Waals surface area contributed by atoms with E-state index in [2.05, 4.69) is 5.32 Å². The van der Waals surface area contributed by atoms with Crippen LogP contribution < -0.4 is 5.32 Å². The fourth-order valence-corrected chi connectivity index (χ4v) is 2.57. The molecule has 0 aliphatic heterocycles. The molecule has 2 aromatic carbocycles. The van der Waals surface area contributed by atoms with Gasteiger partial charge in [0.1, 0.15) is 0 Å². The number of nitrogens with one attached hydrogen (secondary N) is 1. The lowest BCUT2D eigenvalue weighted by Gasteiger charge is -2.33. The Morgan fingerprint density at radius 3 is 2.12 bits per heavy atom. The van der Waals surface area contributed by atoms with Crippen LogP contribution in [0.2, 0.25) is 0 Å². The van der Waals surface area contributed by atoms with Gasteiger partial charge in [0.05, 0.1) is 11.7 Å². The maximum Gasteiger partial charge on any atom is 0.335 e. The molecule has 0 bridgehead atoms. The maximum absolute atomic E-state index is 12.3. The fraction of sp³-hybridized carbons (Fsp3) is 0.300. The van der Waals surface area contributed by atoms with E-state index < -0.39 is 17.5 Å². The average molecular weight is 341 g/mol. The van der Waals surface area contributed by atoms with Crippen LogP contribution in [0.1, 0.15) is 40.1 Å². The lowest BCUT2D eigenvalue weighted by molar-refractivity contribution is 0.0500. The summed E-state index contributed by atoms with van der Waals surface area (Å²) < 4.78 is 0. The van der Waals surface area contributed by atoms with Gasteiger partial charge in [0.25, 0.3) is 5.91 Å². The molecule has 0 heterocycles. The molecule has 25 heavy (non-hydrogen) atoms. The lowest BCUT2D eigenvalue weighted by Crippen LogP contribution is -2.43. The highest BCUT2D eigenvalue weighted by Crippen LogP contribution is 2.26. The molecule has 2 atom stereocenters. The number of hydrogen-bond donors (Lipinski definition) is 3. The first-order valence-electron chi connectivity index (χ1n) is 8.15. The highest BCUT2D eigenvalue weighted by atomic mass is 16.4. The van der Waals surface area contributed by atoms with Crippen LogP contribution in [0.5, 0.6) is 0 Å². The number of benzene rings is 2. The summed E-state index contributed by atoms with van der Waals surface area (Å²) in [7, 11) is 0. The van der Waals surface area contributed by atoms with Gasteiger partial charge in [-0.1, -0.05) is 37.3 Å². The molecule has 2 rings (SSSR count). The summed E-state index contributed by atoms with van der Waals surface area (Å²) >= 11 is 0. The van der Waals surface area contributed by atoms with Gasteiger partial charge in [-0.05, 0) is 43.2 Å². The van der Waals surface area contributed by atoms with Crippen molar-refractivity contribution >= 4 is 11.9 Å². The monoisotopic (exact) mass is 341 g/mol. The minimum absolute atomic E-state index is 0.134. The summed E-state index contributed by atoms with van der Waals surface area (Å²) in [6.07, 6.45) is 0.0198. The summed E-state index contributed by atoms with van der Waals surface area (Å²) in [6.45, 7) is 3.95. The Morgan fingerprint density at radius 2 is 1.60 bits per heavy atom. The lowest BCUT2D eigenvalue weighted by atomic mass is 9.79. The molecule has 1 amide bonds. The normalized spacial score (nSPS) is 14.4. The van der Waals surface area contributed by atoms with Gasteiger partial charge in [-0.15, -0.1) is 0 Å². The Balaban J connectivity index is 2.04. The Kier molecular flexibility index (Phi) is 5.93. The molecule has 0 aromatic heterocycles. The zero-order valence-electron chi connectivity index (χ0n) is 14.4. The van der Waals surface area contributed by atoms with Crippen LogP contribution in [0.25, 0.3) is 0 Å². The average Bonchev–Trinajstić information content (AvgIpc) is 2.60. The first-order chi connectivity index (χ1) is 11.8. The molecule has 5 heteroatoms. The second-order valence-electron chi connectivity index (χ2n) is 6.56. The molecule has 0 saturated heterocycles. The van der Waals surface area contributed by atoms with Crippen molar-refractivity contribution < 1.29 is 19.8 Å². The summed E-state index contributed by atoms with van der Waals surface area (Å²) in [5, 5.41) is 21.9. The predicted molar refractivity (Wildman–Crippen MR) is 95.7 cm³/mol. The minimum atomic E-state index is -1.03. The largest absolute Gasteiger partial charge is 0.478 e. The third kappa shape index (κ3) is 4.90. The van der Waals surface area contributed by atoms with E-state index in [0.717, 1.165) is 5.56 Å². The Hall–Kier alpha value is -2.66. The van der Waals surface area contributed by atoms with Gasteiger partial charge in [0.15, 0.2) is 0 Å². The van der Waals surface area contributed by atoms with Crippen LogP contribution in [0.3, 0.4) is 0 Å². The molecule has 0 saturated carbocycles. The molecule has 2 unspecified atom stereocenters. The van der Waals surface area contributed by atoms with Gasteiger partial charge in [-0.2, -0.15) is 0 Å². The maximum atomic E-state index is 12.3. The highest BCUT2D eigenvalue weighted by Gasteiger charge is 2.31. The van der Waals surface area contributed by atoms with E-state index in [0.29, 0.717) is 18.5 Å². The number of aliphatic hydroxyl groups is 1. The van der Waals surface area contributed by atoms with Gasteiger partial charge in [0, 0.05) is 17.5 Å². The number of aromatic carboxylic acids is 1. The van der Waals surface area contributed by atoms with E-state index in [1.165, 1.54) is 24.3 Å². The SMILES string of the molecule is CC(O)C(C)(CNC(=O)c1ccc(C(=O)O)cc1)Cc1ccccc1. The van der Waals surface area contributed by atoms with Crippen molar-refractivity contribution in [1.29, 1.82) is 0 Å². The zero-order chi connectivity index (χ0) is 18.4.